The molecule has 0 aromatic heterocycles. The number of amides is 2. The number of aryl methyl sites for hydroxylation is 2. The maximum atomic E-state index is 11.9. The van der Waals surface area contributed by atoms with Crippen LogP contribution >= 0.6 is 0 Å². The Morgan fingerprint density at radius 2 is 1.62 bits per heavy atom. The van der Waals surface area contributed by atoms with Crippen LogP contribution in [0.25, 0.3) is 0 Å². The van der Waals surface area contributed by atoms with Gasteiger partial charge >= 0.3 is 0 Å². The van der Waals surface area contributed by atoms with Gasteiger partial charge in [0.25, 0.3) is 5.91 Å². The van der Waals surface area contributed by atoms with Gasteiger partial charge in [0.15, 0.2) is 6.61 Å². The summed E-state index contributed by atoms with van der Waals surface area (Å²) in [6, 6.07) is 15.0. The van der Waals surface area contributed by atoms with Crippen LogP contribution in [0, 0.1) is 6.92 Å². The lowest BCUT2D eigenvalue weighted by atomic mass is 10.1. The number of carbonyl (C=O) groups is 2. The quantitative estimate of drug-likeness (QED) is 0.822. The van der Waals surface area contributed by atoms with Crippen molar-refractivity contribution in [3.63, 3.8) is 0 Å². The molecule has 2 amide bonds. The van der Waals surface area contributed by atoms with E-state index in [9.17, 15) is 9.59 Å². The Kier molecular flexibility index (Phi) is 6.37. The van der Waals surface area contributed by atoms with Crippen LogP contribution in [-0.4, -0.2) is 25.5 Å². The van der Waals surface area contributed by atoms with Gasteiger partial charge in [0.05, 0.1) is 0 Å². The van der Waals surface area contributed by atoms with Crippen molar-refractivity contribution in [2.45, 2.75) is 19.8 Å². The molecule has 0 spiro atoms. The van der Waals surface area contributed by atoms with Crippen LogP contribution in [0.15, 0.2) is 48.5 Å². The molecule has 0 bridgehead atoms. The Hall–Kier alpha value is -2.82. The van der Waals surface area contributed by atoms with Gasteiger partial charge in [0.2, 0.25) is 5.91 Å². The first-order chi connectivity index (χ1) is 11.6. The van der Waals surface area contributed by atoms with Crippen molar-refractivity contribution in [2.24, 2.45) is 0 Å². The van der Waals surface area contributed by atoms with Gasteiger partial charge in [0.1, 0.15) is 5.75 Å². The summed E-state index contributed by atoms with van der Waals surface area (Å²) in [5.41, 5.74) is 2.90. The summed E-state index contributed by atoms with van der Waals surface area (Å²) < 4.78 is 5.44. The van der Waals surface area contributed by atoms with Crippen molar-refractivity contribution in [3.8, 4) is 5.75 Å². The highest BCUT2D eigenvalue weighted by Crippen LogP contribution is 2.13. The molecule has 0 heterocycles. The second-order valence-electron chi connectivity index (χ2n) is 5.52. The van der Waals surface area contributed by atoms with Crippen LogP contribution in [0.3, 0.4) is 0 Å². The molecule has 0 saturated heterocycles. The number of hydrogen-bond donors (Lipinski definition) is 2. The Morgan fingerprint density at radius 1 is 0.958 bits per heavy atom. The van der Waals surface area contributed by atoms with Gasteiger partial charge in [-0.1, -0.05) is 29.8 Å². The molecule has 0 saturated carbocycles. The Labute approximate surface area is 142 Å². The molecule has 0 aliphatic carbocycles. The summed E-state index contributed by atoms with van der Waals surface area (Å²) >= 11 is 0. The maximum Gasteiger partial charge on any atom is 0.262 e. The van der Waals surface area contributed by atoms with Gasteiger partial charge in [-0.3, -0.25) is 9.59 Å². The zero-order valence-electron chi connectivity index (χ0n) is 14.0. The Balaban J connectivity index is 1.79. The molecule has 0 atom stereocenters. The van der Waals surface area contributed by atoms with E-state index in [1.165, 1.54) is 0 Å². The summed E-state index contributed by atoms with van der Waals surface area (Å²) in [6.07, 6.45) is 1.12. The Morgan fingerprint density at radius 3 is 2.25 bits per heavy atom. The van der Waals surface area contributed by atoms with Gasteiger partial charge in [-0.05, 0) is 43.2 Å². The molecule has 2 rings (SSSR count). The normalized spacial score (nSPS) is 10.1. The van der Waals surface area contributed by atoms with Gasteiger partial charge in [-0.15, -0.1) is 0 Å². The van der Waals surface area contributed by atoms with E-state index in [1.807, 2.05) is 55.5 Å². The molecular formula is C19H22N2O3. The third kappa shape index (κ3) is 5.76. The minimum atomic E-state index is -0.214. The molecule has 5 heteroatoms. The van der Waals surface area contributed by atoms with Gasteiger partial charge < -0.3 is 15.4 Å². The lowest BCUT2D eigenvalue weighted by molar-refractivity contribution is -0.120. The van der Waals surface area contributed by atoms with Gasteiger partial charge in [0, 0.05) is 19.2 Å². The van der Waals surface area contributed by atoms with Crippen molar-refractivity contribution in [1.82, 2.24) is 5.32 Å². The van der Waals surface area contributed by atoms with E-state index in [4.69, 9.17) is 4.74 Å². The predicted molar refractivity (Wildman–Crippen MR) is 94.1 cm³/mol. The van der Waals surface area contributed by atoms with Crippen molar-refractivity contribution in [3.05, 3.63) is 59.7 Å². The first kappa shape index (κ1) is 17.5. The SMILES string of the molecule is CNC(=O)CCc1ccc(NC(=O)COc2ccc(C)cc2)cc1. The van der Waals surface area contributed by atoms with Crippen LogP contribution in [0.4, 0.5) is 5.69 Å². The van der Waals surface area contributed by atoms with Gasteiger partial charge in [-0.25, -0.2) is 0 Å². The summed E-state index contributed by atoms with van der Waals surface area (Å²) in [6.45, 7) is 1.95. The molecule has 0 unspecified atom stereocenters. The molecule has 0 aliphatic rings. The van der Waals surface area contributed by atoms with Gasteiger partial charge in [-0.2, -0.15) is 0 Å². The van der Waals surface area contributed by atoms with E-state index in [2.05, 4.69) is 10.6 Å². The Bertz CT molecular complexity index is 679. The highest BCUT2D eigenvalue weighted by Gasteiger charge is 2.05. The fourth-order valence-corrected chi connectivity index (χ4v) is 2.12. The van der Waals surface area contributed by atoms with Crippen LogP contribution in [0.1, 0.15) is 17.5 Å². The average Bonchev–Trinajstić information content (AvgIpc) is 2.60. The third-order valence-corrected chi connectivity index (χ3v) is 3.55. The topological polar surface area (TPSA) is 67.4 Å². The van der Waals surface area contributed by atoms with Crippen molar-refractivity contribution in [2.75, 3.05) is 19.0 Å². The molecule has 126 valence electrons. The number of ether oxygens (including phenoxy) is 1. The molecule has 24 heavy (non-hydrogen) atoms. The molecule has 0 fully saturated rings. The summed E-state index contributed by atoms with van der Waals surface area (Å²) in [7, 11) is 1.62. The predicted octanol–water partition coefficient (Wildman–Crippen LogP) is 2.69. The number of carbonyl (C=O) groups excluding carboxylic acids is 2. The number of rotatable bonds is 7. The van der Waals surface area contributed by atoms with E-state index < -0.39 is 0 Å². The van der Waals surface area contributed by atoms with Crippen LogP contribution in [-0.2, 0) is 16.0 Å². The maximum absolute atomic E-state index is 11.9. The highest BCUT2D eigenvalue weighted by atomic mass is 16.5. The van der Waals surface area contributed by atoms with E-state index in [-0.39, 0.29) is 18.4 Å². The molecule has 0 aliphatic heterocycles. The molecule has 2 aromatic carbocycles. The zero-order chi connectivity index (χ0) is 17.4. The second-order valence-corrected chi connectivity index (χ2v) is 5.52. The minimum Gasteiger partial charge on any atom is -0.484 e. The van der Waals surface area contributed by atoms with Crippen molar-refractivity contribution >= 4 is 17.5 Å². The lowest BCUT2D eigenvalue weighted by Gasteiger charge is -2.08. The van der Waals surface area contributed by atoms with E-state index in [1.54, 1.807) is 7.05 Å². The highest BCUT2D eigenvalue weighted by molar-refractivity contribution is 5.91. The summed E-state index contributed by atoms with van der Waals surface area (Å²) in [5.74, 6) is 0.467. The first-order valence-corrected chi connectivity index (χ1v) is 7.85. The molecule has 2 aromatic rings. The zero-order valence-corrected chi connectivity index (χ0v) is 14.0. The fourth-order valence-electron chi connectivity index (χ4n) is 2.12. The first-order valence-electron chi connectivity index (χ1n) is 7.85. The van der Waals surface area contributed by atoms with Crippen molar-refractivity contribution in [1.29, 1.82) is 0 Å². The van der Waals surface area contributed by atoms with E-state index >= 15 is 0 Å². The fraction of sp³-hybridized carbons (Fsp3) is 0.263. The molecular weight excluding hydrogens is 304 g/mol. The number of hydrogen-bond acceptors (Lipinski definition) is 3. The number of nitrogens with one attached hydrogen (secondary N) is 2. The van der Waals surface area contributed by atoms with E-state index in [0.29, 0.717) is 24.3 Å². The van der Waals surface area contributed by atoms with Crippen LogP contribution < -0.4 is 15.4 Å². The monoisotopic (exact) mass is 326 g/mol. The van der Waals surface area contributed by atoms with Crippen LogP contribution in [0.5, 0.6) is 5.75 Å². The summed E-state index contributed by atoms with van der Waals surface area (Å²) in [4.78, 5) is 23.1. The number of anilines is 1. The summed E-state index contributed by atoms with van der Waals surface area (Å²) in [5, 5.41) is 5.38. The largest absolute Gasteiger partial charge is 0.484 e. The standard InChI is InChI=1S/C19H22N2O3/c1-14-3-10-17(11-4-14)24-13-19(23)21-16-8-5-15(6-9-16)7-12-18(22)20-2/h3-6,8-11H,7,12-13H2,1-2H3,(H,20,22)(H,21,23). The average molecular weight is 326 g/mol. The van der Waals surface area contributed by atoms with Crippen molar-refractivity contribution < 1.29 is 14.3 Å². The molecule has 0 radical (unpaired) electrons. The minimum absolute atomic E-state index is 0.0145. The smallest absolute Gasteiger partial charge is 0.262 e. The molecule has 2 N–H and O–H groups in total. The number of benzene rings is 2. The molecule has 5 nitrogen and oxygen atoms in total. The van der Waals surface area contributed by atoms with E-state index in [0.717, 1.165) is 11.1 Å². The third-order valence-electron chi connectivity index (χ3n) is 3.55. The second kappa shape index (κ2) is 8.72. The lowest BCUT2D eigenvalue weighted by Crippen LogP contribution is -2.20. The van der Waals surface area contributed by atoms with Crippen LogP contribution in [0.2, 0.25) is 0 Å².